The molecule has 0 aliphatic heterocycles. The third kappa shape index (κ3) is 0.873. The average Bonchev–Trinajstić information content (AvgIpc) is 2.47. The van der Waals surface area contributed by atoms with Gasteiger partial charge in [-0.05, 0) is 24.2 Å². The van der Waals surface area contributed by atoms with E-state index in [9.17, 15) is 0 Å². The van der Waals surface area contributed by atoms with Crippen molar-refractivity contribution in [3.05, 3.63) is 0 Å². The molecule has 0 aromatic carbocycles. The van der Waals surface area contributed by atoms with E-state index in [4.69, 9.17) is 5.11 Å². The van der Waals surface area contributed by atoms with Crippen molar-refractivity contribution in [3.63, 3.8) is 0 Å². The summed E-state index contributed by atoms with van der Waals surface area (Å²) in [5.74, 6) is 0.516. The van der Waals surface area contributed by atoms with Gasteiger partial charge >= 0.3 is 0 Å². The van der Waals surface area contributed by atoms with Crippen LogP contribution in [0.4, 0.5) is 0 Å². The van der Waals surface area contributed by atoms with Crippen LogP contribution in [0.5, 0.6) is 0 Å². The standard InChI is InChI=1S/C7H14O/c1-6(5-8)7(2)3-4-7/h6,8H,3-5H2,1-2H3/t6-/m0/s1. The van der Waals surface area contributed by atoms with E-state index < -0.39 is 0 Å². The van der Waals surface area contributed by atoms with Crippen LogP contribution in [0.25, 0.3) is 0 Å². The van der Waals surface area contributed by atoms with Crippen LogP contribution < -0.4 is 0 Å². The van der Waals surface area contributed by atoms with Crippen LogP contribution in [0, 0.1) is 11.3 Å². The number of hydrogen-bond donors (Lipinski definition) is 1. The van der Waals surface area contributed by atoms with Gasteiger partial charge in [0.05, 0.1) is 0 Å². The fraction of sp³-hybridized carbons (Fsp3) is 1.00. The number of aliphatic hydroxyl groups is 1. The van der Waals surface area contributed by atoms with Crippen LogP contribution in [0.2, 0.25) is 0 Å². The summed E-state index contributed by atoms with van der Waals surface area (Å²) in [4.78, 5) is 0. The lowest BCUT2D eigenvalue weighted by molar-refractivity contribution is 0.185. The predicted octanol–water partition coefficient (Wildman–Crippen LogP) is 1.41. The molecule has 0 unspecified atom stereocenters. The molecule has 0 aromatic rings. The molecule has 1 N–H and O–H groups in total. The van der Waals surface area contributed by atoms with Crippen LogP contribution in [0.3, 0.4) is 0 Å². The second kappa shape index (κ2) is 1.73. The third-order valence-electron chi connectivity index (χ3n) is 2.50. The monoisotopic (exact) mass is 114 g/mol. The van der Waals surface area contributed by atoms with Crippen LogP contribution in [-0.2, 0) is 0 Å². The fourth-order valence-corrected chi connectivity index (χ4v) is 0.910. The summed E-state index contributed by atoms with van der Waals surface area (Å²) in [6.07, 6.45) is 2.63. The molecule has 8 heavy (non-hydrogen) atoms. The second-order valence-corrected chi connectivity index (χ2v) is 3.24. The van der Waals surface area contributed by atoms with Crippen molar-refractivity contribution in [2.45, 2.75) is 26.7 Å². The quantitative estimate of drug-likeness (QED) is 0.575. The summed E-state index contributed by atoms with van der Waals surface area (Å²) in [6.45, 7) is 4.72. The second-order valence-electron chi connectivity index (χ2n) is 3.24. The summed E-state index contributed by atoms with van der Waals surface area (Å²) in [5, 5.41) is 8.71. The molecule has 1 aliphatic rings. The first-order valence-corrected chi connectivity index (χ1v) is 3.30. The van der Waals surface area contributed by atoms with Crippen LogP contribution in [-0.4, -0.2) is 11.7 Å². The van der Waals surface area contributed by atoms with Crippen molar-refractivity contribution in [1.29, 1.82) is 0 Å². The molecule has 0 heterocycles. The first-order chi connectivity index (χ1) is 3.69. The van der Waals surface area contributed by atoms with Gasteiger partial charge in [-0.15, -0.1) is 0 Å². The minimum atomic E-state index is 0.358. The minimum absolute atomic E-state index is 0.358. The molecule has 1 rings (SSSR count). The van der Waals surface area contributed by atoms with Crippen molar-refractivity contribution < 1.29 is 5.11 Å². The van der Waals surface area contributed by atoms with Gasteiger partial charge in [-0.25, -0.2) is 0 Å². The molecule has 1 nitrogen and oxygen atoms in total. The Hall–Kier alpha value is -0.0400. The smallest absolute Gasteiger partial charge is 0.0461 e. The predicted molar refractivity (Wildman–Crippen MR) is 33.6 cm³/mol. The van der Waals surface area contributed by atoms with Crippen LogP contribution >= 0.6 is 0 Å². The van der Waals surface area contributed by atoms with Crippen molar-refractivity contribution in [1.82, 2.24) is 0 Å². The topological polar surface area (TPSA) is 20.2 Å². The van der Waals surface area contributed by atoms with Gasteiger partial charge in [0, 0.05) is 6.61 Å². The molecular weight excluding hydrogens is 100 g/mol. The van der Waals surface area contributed by atoms with E-state index in [1.54, 1.807) is 0 Å². The molecule has 0 radical (unpaired) electrons. The molecule has 0 saturated heterocycles. The SMILES string of the molecule is C[C@@H](CO)C1(C)CC1. The Bertz CT molecular complexity index is 84.4. The highest BCUT2D eigenvalue weighted by Gasteiger charge is 2.41. The molecule has 1 heteroatoms. The van der Waals surface area contributed by atoms with E-state index >= 15 is 0 Å². The summed E-state index contributed by atoms with van der Waals surface area (Å²) in [5.41, 5.74) is 0.509. The largest absolute Gasteiger partial charge is 0.396 e. The Labute approximate surface area is 50.7 Å². The lowest BCUT2D eigenvalue weighted by Gasteiger charge is -2.14. The van der Waals surface area contributed by atoms with E-state index in [-0.39, 0.29) is 0 Å². The van der Waals surface area contributed by atoms with Crippen molar-refractivity contribution >= 4 is 0 Å². The zero-order valence-corrected chi connectivity index (χ0v) is 5.65. The zero-order valence-electron chi connectivity index (χ0n) is 5.65. The Kier molecular flexibility index (Phi) is 1.31. The lowest BCUT2D eigenvalue weighted by atomic mass is 9.94. The van der Waals surface area contributed by atoms with Gasteiger partial charge in [0.2, 0.25) is 0 Å². The molecule has 1 fully saturated rings. The number of rotatable bonds is 2. The Balaban J connectivity index is 2.34. The van der Waals surface area contributed by atoms with E-state index in [1.807, 2.05) is 0 Å². The molecular formula is C7H14O. The fourth-order valence-electron chi connectivity index (χ4n) is 0.910. The van der Waals surface area contributed by atoms with Gasteiger partial charge in [-0.2, -0.15) is 0 Å². The van der Waals surface area contributed by atoms with Crippen molar-refractivity contribution in [2.24, 2.45) is 11.3 Å². The molecule has 0 aromatic heterocycles. The van der Waals surface area contributed by atoms with Gasteiger partial charge in [-0.3, -0.25) is 0 Å². The van der Waals surface area contributed by atoms with Gasteiger partial charge in [0.15, 0.2) is 0 Å². The first kappa shape index (κ1) is 6.09. The van der Waals surface area contributed by atoms with Gasteiger partial charge in [0.1, 0.15) is 0 Å². The Morgan fingerprint density at radius 1 is 1.62 bits per heavy atom. The summed E-state index contributed by atoms with van der Waals surface area (Å²) >= 11 is 0. The van der Waals surface area contributed by atoms with Crippen LogP contribution in [0.15, 0.2) is 0 Å². The molecule has 1 aliphatic carbocycles. The highest BCUT2D eigenvalue weighted by molar-refractivity contribution is 4.92. The van der Waals surface area contributed by atoms with E-state index in [0.717, 1.165) is 0 Å². The number of aliphatic hydroxyl groups excluding tert-OH is 1. The van der Waals surface area contributed by atoms with Gasteiger partial charge in [0.25, 0.3) is 0 Å². The minimum Gasteiger partial charge on any atom is -0.396 e. The van der Waals surface area contributed by atoms with Crippen molar-refractivity contribution in [2.75, 3.05) is 6.61 Å². The van der Waals surface area contributed by atoms with E-state index in [1.165, 1.54) is 12.8 Å². The molecule has 48 valence electrons. The maximum Gasteiger partial charge on any atom is 0.0461 e. The summed E-state index contributed by atoms with van der Waals surface area (Å²) < 4.78 is 0. The highest BCUT2D eigenvalue weighted by atomic mass is 16.3. The molecule has 0 bridgehead atoms. The molecule has 0 amide bonds. The zero-order chi connectivity index (χ0) is 6.20. The first-order valence-electron chi connectivity index (χ1n) is 3.30. The third-order valence-corrected chi connectivity index (χ3v) is 2.50. The van der Waals surface area contributed by atoms with Gasteiger partial charge < -0.3 is 5.11 Å². The van der Waals surface area contributed by atoms with Crippen molar-refractivity contribution in [3.8, 4) is 0 Å². The molecule has 1 atom stereocenters. The normalized spacial score (nSPS) is 27.4. The van der Waals surface area contributed by atoms with Gasteiger partial charge in [-0.1, -0.05) is 13.8 Å². The maximum absolute atomic E-state index is 8.71. The Morgan fingerprint density at radius 3 is 2.25 bits per heavy atom. The molecule has 0 spiro atoms. The average molecular weight is 114 g/mol. The highest BCUT2D eigenvalue weighted by Crippen LogP contribution is 2.50. The van der Waals surface area contributed by atoms with E-state index in [0.29, 0.717) is 17.9 Å². The summed E-state index contributed by atoms with van der Waals surface area (Å²) in [6, 6.07) is 0. The Morgan fingerprint density at radius 2 is 2.12 bits per heavy atom. The summed E-state index contributed by atoms with van der Waals surface area (Å²) in [7, 11) is 0. The number of hydrogen-bond acceptors (Lipinski definition) is 1. The maximum atomic E-state index is 8.71. The lowest BCUT2D eigenvalue weighted by Crippen LogP contribution is -2.12. The van der Waals surface area contributed by atoms with E-state index in [2.05, 4.69) is 13.8 Å². The van der Waals surface area contributed by atoms with Crippen LogP contribution in [0.1, 0.15) is 26.7 Å². The molecule has 1 saturated carbocycles.